The fourth-order valence-electron chi connectivity index (χ4n) is 1.41. The van der Waals surface area contributed by atoms with E-state index in [4.69, 9.17) is 15.3 Å². The van der Waals surface area contributed by atoms with Gasteiger partial charge in [-0.25, -0.2) is 4.79 Å². The number of hydrogen-bond acceptors (Lipinski definition) is 5. The van der Waals surface area contributed by atoms with Crippen molar-refractivity contribution in [2.75, 3.05) is 6.61 Å². The minimum atomic E-state index is -1.03. The quantitative estimate of drug-likeness (QED) is 0.679. The molecule has 2 rings (SSSR count). The van der Waals surface area contributed by atoms with Crippen molar-refractivity contribution in [3.8, 4) is 17.0 Å². The van der Waals surface area contributed by atoms with Crippen molar-refractivity contribution in [3.63, 3.8) is 0 Å². The molecular weight excluding hydrogens is 236 g/mol. The molecule has 0 aliphatic carbocycles. The van der Waals surface area contributed by atoms with Gasteiger partial charge in [-0.15, -0.1) is 0 Å². The minimum absolute atomic E-state index is 0.380. The van der Waals surface area contributed by atoms with E-state index < -0.39 is 5.97 Å². The van der Waals surface area contributed by atoms with Crippen LogP contribution in [0.15, 0.2) is 24.3 Å². The van der Waals surface area contributed by atoms with Crippen LogP contribution in [0, 0.1) is 5.41 Å². The number of aromatic nitrogens is 3. The van der Waals surface area contributed by atoms with Crippen molar-refractivity contribution in [1.29, 1.82) is 5.41 Å². The Morgan fingerprint density at radius 1 is 1.39 bits per heavy atom. The smallest absolute Gasteiger partial charge is 0.341 e. The van der Waals surface area contributed by atoms with Crippen molar-refractivity contribution in [2.45, 2.75) is 0 Å². The molecule has 1 aromatic carbocycles. The van der Waals surface area contributed by atoms with Gasteiger partial charge in [0.25, 0.3) is 0 Å². The van der Waals surface area contributed by atoms with Crippen LogP contribution in [0.5, 0.6) is 5.75 Å². The molecule has 0 unspecified atom stereocenters. The van der Waals surface area contributed by atoms with Crippen LogP contribution >= 0.6 is 0 Å². The number of nitrogens with zero attached hydrogens (tertiary/aromatic N) is 2. The van der Waals surface area contributed by atoms with Crippen LogP contribution in [0.25, 0.3) is 11.3 Å². The lowest BCUT2D eigenvalue weighted by Gasteiger charge is -2.03. The normalized spacial score (nSPS) is 10.0. The summed E-state index contributed by atoms with van der Waals surface area (Å²) in [5.41, 5.74) is 1.77. The van der Waals surface area contributed by atoms with E-state index in [1.54, 1.807) is 24.3 Å². The Labute approximate surface area is 102 Å². The van der Waals surface area contributed by atoms with Gasteiger partial charge in [-0.05, 0) is 24.3 Å². The molecule has 0 bridgehead atoms. The van der Waals surface area contributed by atoms with Crippen LogP contribution in [0.4, 0.5) is 0 Å². The zero-order chi connectivity index (χ0) is 13.0. The Bertz CT molecular complexity index is 562. The molecule has 0 spiro atoms. The molecule has 0 saturated heterocycles. The maximum atomic E-state index is 10.3. The molecule has 92 valence electrons. The van der Waals surface area contributed by atoms with Crippen LogP contribution in [-0.4, -0.2) is 39.3 Å². The summed E-state index contributed by atoms with van der Waals surface area (Å²) in [6.45, 7) is -0.380. The van der Waals surface area contributed by atoms with Gasteiger partial charge in [-0.1, -0.05) is 0 Å². The Morgan fingerprint density at radius 2 is 2.11 bits per heavy atom. The van der Waals surface area contributed by atoms with Gasteiger partial charge in [-0.2, -0.15) is 15.4 Å². The molecule has 1 aromatic heterocycles. The molecule has 1 heterocycles. The van der Waals surface area contributed by atoms with Crippen LogP contribution in [0.1, 0.15) is 5.69 Å². The molecule has 0 saturated carbocycles. The SMILES string of the molecule is N=Cc1n[nH]nc1-c1ccc(OCC(=O)O)cc1. The number of ether oxygens (including phenoxy) is 1. The first-order valence-corrected chi connectivity index (χ1v) is 5.07. The van der Waals surface area contributed by atoms with Gasteiger partial charge >= 0.3 is 5.97 Å². The zero-order valence-corrected chi connectivity index (χ0v) is 9.25. The summed E-state index contributed by atoms with van der Waals surface area (Å²) in [5.74, 6) is -0.567. The Morgan fingerprint density at radius 3 is 2.72 bits per heavy atom. The van der Waals surface area contributed by atoms with Crippen LogP contribution < -0.4 is 4.74 Å². The molecule has 0 aliphatic heterocycles. The summed E-state index contributed by atoms with van der Waals surface area (Å²) in [5, 5.41) is 25.8. The van der Waals surface area contributed by atoms with Gasteiger partial charge in [0.2, 0.25) is 0 Å². The fourth-order valence-corrected chi connectivity index (χ4v) is 1.41. The van der Waals surface area contributed by atoms with E-state index in [-0.39, 0.29) is 6.61 Å². The van der Waals surface area contributed by atoms with Crippen molar-refractivity contribution in [2.24, 2.45) is 0 Å². The molecule has 0 amide bonds. The third-order valence-electron chi connectivity index (χ3n) is 2.20. The highest BCUT2D eigenvalue weighted by atomic mass is 16.5. The third kappa shape index (κ3) is 2.51. The molecule has 0 aliphatic rings. The van der Waals surface area contributed by atoms with E-state index in [1.807, 2.05) is 0 Å². The van der Waals surface area contributed by atoms with E-state index in [1.165, 1.54) is 0 Å². The van der Waals surface area contributed by atoms with E-state index in [0.717, 1.165) is 11.8 Å². The number of carboxylic acids is 1. The van der Waals surface area contributed by atoms with Gasteiger partial charge < -0.3 is 15.3 Å². The third-order valence-corrected chi connectivity index (χ3v) is 2.20. The van der Waals surface area contributed by atoms with Crippen LogP contribution in [0.2, 0.25) is 0 Å². The largest absolute Gasteiger partial charge is 0.482 e. The molecule has 7 heteroatoms. The second-order valence-corrected chi connectivity index (χ2v) is 3.41. The standard InChI is InChI=1S/C11H10N4O3/c12-5-9-11(14-15-13-9)7-1-3-8(4-2-7)18-6-10(16)17/h1-5,12H,6H2,(H,16,17)(H,13,14,15). The highest BCUT2D eigenvalue weighted by Crippen LogP contribution is 2.21. The molecule has 18 heavy (non-hydrogen) atoms. The van der Waals surface area contributed by atoms with Crippen molar-refractivity contribution < 1.29 is 14.6 Å². The van der Waals surface area contributed by atoms with E-state index in [0.29, 0.717) is 17.1 Å². The van der Waals surface area contributed by atoms with Gasteiger partial charge in [0, 0.05) is 11.8 Å². The lowest BCUT2D eigenvalue weighted by atomic mass is 10.1. The number of benzene rings is 1. The number of nitrogens with one attached hydrogen (secondary N) is 2. The summed E-state index contributed by atoms with van der Waals surface area (Å²) in [6, 6.07) is 6.73. The topological polar surface area (TPSA) is 112 Å². The molecule has 7 nitrogen and oxygen atoms in total. The minimum Gasteiger partial charge on any atom is -0.482 e. The Hall–Kier alpha value is -2.70. The molecule has 2 aromatic rings. The first-order chi connectivity index (χ1) is 8.70. The lowest BCUT2D eigenvalue weighted by molar-refractivity contribution is -0.139. The Balaban J connectivity index is 2.17. The highest BCUT2D eigenvalue weighted by molar-refractivity contribution is 5.84. The highest BCUT2D eigenvalue weighted by Gasteiger charge is 2.08. The van der Waals surface area contributed by atoms with Gasteiger partial charge in [0.1, 0.15) is 17.1 Å². The molecular formula is C11H10N4O3. The summed E-state index contributed by atoms with van der Waals surface area (Å²) >= 11 is 0. The maximum absolute atomic E-state index is 10.3. The summed E-state index contributed by atoms with van der Waals surface area (Å²) in [4.78, 5) is 10.3. The number of carboxylic acid groups (broad SMARTS) is 1. The second kappa shape index (κ2) is 5.09. The van der Waals surface area contributed by atoms with Gasteiger partial charge in [-0.3, -0.25) is 0 Å². The van der Waals surface area contributed by atoms with E-state index in [9.17, 15) is 4.79 Å². The number of H-pyrrole nitrogens is 1. The first-order valence-electron chi connectivity index (χ1n) is 5.07. The van der Waals surface area contributed by atoms with Gasteiger partial charge in [0.05, 0.1) is 0 Å². The van der Waals surface area contributed by atoms with Crippen molar-refractivity contribution >= 4 is 12.2 Å². The summed E-state index contributed by atoms with van der Waals surface area (Å²) in [7, 11) is 0. The lowest BCUT2D eigenvalue weighted by Crippen LogP contribution is -2.09. The maximum Gasteiger partial charge on any atom is 0.341 e. The Kier molecular flexibility index (Phi) is 3.33. The second-order valence-electron chi connectivity index (χ2n) is 3.41. The number of aliphatic carboxylic acids is 1. The zero-order valence-electron chi connectivity index (χ0n) is 9.25. The van der Waals surface area contributed by atoms with E-state index in [2.05, 4.69) is 15.4 Å². The van der Waals surface area contributed by atoms with Crippen LogP contribution in [-0.2, 0) is 4.79 Å². The first kappa shape index (κ1) is 11.8. The van der Waals surface area contributed by atoms with E-state index >= 15 is 0 Å². The van der Waals surface area contributed by atoms with Crippen molar-refractivity contribution in [3.05, 3.63) is 30.0 Å². The number of aromatic amines is 1. The molecule has 0 radical (unpaired) electrons. The van der Waals surface area contributed by atoms with Gasteiger partial charge in [0.15, 0.2) is 6.61 Å². The average molecular weight is 246 g/mol. The van der Waals surface area contributed by atoms with Crippen molar-refractivity contribution in [1.82, 2.24) is 15.4 Å². The predicted octanol–water partition coefficient (Wildman–Crippen LogP) is 0.933. The molecule has 0 fully saturated rings. The average Bonchev–Trinajstić information content (AvgIpc) is 2.85. The molecule has 0 atom stereocenters. The summed E-state index contributed by atoms with van der Waals surface area (Å²) in [6.07, 6.45) is 1.10. The monoisotopic (exact) mass is 246 g/mol. The number of hydrogen-bond donors (Lipinski definition) is 3. The van der Waals surface area contributed by atoms with Crippen LogP contribution in [0.3, 0.4) is 0 Å². The fraction of sp³-hybridized carbons (Fsp3) is 0.0909. The number of carbonyl (C=O) groups is 1. The summed E-state index contributed by atoms with van der Waals surface area (Å²) < 4.78 is 5.01. The molecule has 3 N–H and O–H groups in total. The predicted molar refractivity (Wildman–Crippen MR) is 62.8 cm³/mol. The number of rotatable bonds is 5.